The molecule has 0 aromatic rings. The van der Waals surface area contributed by atoms with E-state index < -0.39 is 79.7 Å². The Labute approximate surface area is 190 Å². The van der Waals surface area contributed by atoms with Gasteiger partial charge in [0.25, 0.3) is 11.8 Å². The van der Waals surface area contributed by atoms with E-state index in [-0.39, 0.29) is 23.0 Å². The third-order valence-corrected chi connectivity index (χ3v) is 7.17. The molecule has 2 atom stereocenters. The Morgan fingerprint density at radius 3 is 1.70 bits per heavy atom. The van der Waals surface area contributed by atoms with E-state index in [1.807, 2.05) is 0 Å². The third-order valence-electron chi connectivity index (χ3n) is 4.85. The molecular weight excluding hydrogens is 488 g/mol. The minimum Gasteiger partial charge on any atom is -0.449 e. The molecule has 2 saturated heterocycles. The average Bonchev–Trinajstić information content (AvgIpc) is 3.18. The maximum Gasteiger partial charge on any atom is 0.423 e. The Morgan fingerprint density at radius 1 is 0.848 bits per heavy atom. The molecule has 0 aliphatic carbocycles. The summed E-state index contributed by atoms with van der Waals surface area (Å²) in [7, 11) is -7.02. The highest BCUT2D eigenvalue weighted by Gasteiger charge is 2.48. The number of carbonyl (C=O) groups excluding carboxylic acids is 6. The minimum absolute atomic E-state index is 0.145. The Kier molecular flexibility index (Phi) is 8.65. The molecule has 16 heteroatoms. The van der Waals surface area contributed by atoms with Gasteiger partial charge in [0.05, 0.1) is 26.1 Å². The number of ether oxygens (including phenoxy) is 2. The number of imide groups is 6. The van der Waals surface area contributed by atoms with Crippen molar-refractivity contribution in [2.24, 2.45) is 0 Å². The summed E-state index contributed by atoms with van der Waals surface area (Å²) >= 11 is 0. The number of rotatable bonds is 9. The van der Waals surface area contributed by atoms with Crippen LogP contribution < -0.4 is 0 Å². The van der Waals surface area contributed by atoms with Crippen molar-refractivity contribution >= 4 is 56.4 Å². The molecule has 0 bridgehead atoms. The van der Waals surface area contributed by atoms with Gasteiger partial charge in [0.2, 0.25) is 11.8 Å². The summed E-state index contributed by atoms with van der Waals surface area (Å²) in [4.78, 5) is 71.2. The van der Waals surface area contributed by atoms with Crippen molar-refractivity contribution in [3.05, 3.63) is 0 Å². The van der Waals surface area contributed by atoms with Gasteiger partial charge in [-0.3, -0.25) is 19.2 Å². The molecule has 0 N–H and O–H groups in total. The molecule has 2 heterocycles. The predicted molar refractivity (Wildman–Crippen MR) is 107 cm³/mol. The largest absolute Gasteiger partial charge is 0.449 e. The zero-order valence-corrected chi connectivity index (χ0v) is 19.2. The summed E-state index contributed by atoms with van der Waals surface area (Å²) in [5.74, 6) is -4.18. The first-order valence-electron chi connectivity index (χ1n) is 9.75. The molecule has 0 spiro atoms. The first kappa shape index (κ1) is 26.4. The van der Waals surface area contributed by atoms with Crippen molar-refractivity contribution in [2.75, 3.05) is 19.5 Å². The van der Waals surface area contributed by atoms with Crippen molar-refractivity contribution in [1.29, 1.82) is 0 Å². The van der Waals surface area contributed by atoms with Gasteiger partial charge in [-0.05, 0) is 25.7 Å². The van der Waals surface area contributed by atoms with E-state index in [4.69, 9.17) is 9.47 Å². The van der Waals surface area contributed by atoms with Crippen LogP contribution in [-0.4, -0.2) is 92.4 Å². The lowest BCUT2D eigenvalue weighted by molar-refractivity contribution is -0.137. The second-order valence-electron chi connectivity index (χ2n) is 7.31. The Balaban J connectivity index is 1.63. The zero-order valence-electron chi connectivity index (χ0n) is 17.5. The van der Waals surface area contributed by atoms with Gasteiger partial charge in [0, 0.05) is 6.26 Å². The first-order chi connectivity index (χ1) is 15.4. The summed E-state index contributed by atoms with van der Waals surface area (Å²) in [5.41, 5.74) is 0. The van der Waals surface area contributed by atoms with Crippen molar-refractivity contribution in [3.8, 4) is 0 Å². The van der Waals surface area contributed by atoms with Crippen LogP contribution in [0.5, 0.6) is 0 Å². The topological polar surface area (TPSA) is 196 Å². The molecule has 184 valence electrons. The number of unbranched alkanes of at least 4 members (excludes halogenated alkanes) is 3. The smallest absolute Gasteiger partial charge is 0.423 e. The zero-order chi connectivity index (χ0) is 24.9. The van der Waals surface area contributed by atoms with E-state index in [2.05, 4.69) is 0 Å². The Hall–Kier alpha value is -2.88. The predicted octanol–water partition coefficient (Wildman–Crippen LogP) is -1.27. The van der Waals surface area contributed by atoms with Crippen LogP contribution in [0.1, 0.15) is 38.5 Å². The van der Waals surface area contributed by atoms with Crippen molar-refractivity contribution in [3.63, 3.8) is 0 Å². The van der Waals surface area contributed by atoms with Gasteiger partial charge >= 0.3 is 12.2 Å². The van der Waals surface area contributed by atoms with Crippen molar-refractivity contribution in [2.45, 2.75) is 49.0 Å². The van der Waals surface area contributed by atoms with Crippen LogP contribution in [0.4, 0.5) is 9.59 Å². The molecule has 2 rings (SSSR count). The average molecular weight is 510 g/mol. The fourth-order valence-electron chi connectivity index (χ4n) is 3.11. The third kappa shape index (κ3) is 6.34. The first-order valence-corrected chi connectivity index (χ1v) is 13.0. The summed E-state index contributed by atoms with van der Waals surface area (Å²) in [6.07, 6.45) is -1.29. The highest BCUT2D eigenvalue weighted by atomic mass is 32.2. The quantitative estimate of drug-likeness (QED) is 0.220. The van der Waals surface area contributed by atoms with Crippen molar-refractivity contribution < 1.29 is 55.1 Å². The van der Waals surface area contributed by atoms with Crippen molar-refractivity contribution in [1.82, 2.24) is 9.80 Å². The van der Waals surface area contributed by atoms with Crippen LogP contribution in [0, 0.1) is 0 Å². The summed E-state index contributed by atoms with van der Waals surface area (Å²) < 4.78 is 54.4. The SMILES string of the molecule is CS(=O)(=O)C1CC(=O)N(C(=O)OCCCCCCOC(=O)N2C(=O)CC([SH](=O)=O)C2=O)C1=O. The Morgan fingerprint density at radius 2 is 1.30 bits per heavy atom. The van der Waals surface area contributed by atoms with Gasteiger partial charge in [-0.15, -0.1) is 0 Å². The van der Waals surface area contributed by atoms with Gasteiger partial charge in [0.15, 0.2) is 20.5 Å². The number of sulfone groups is 1. The van der Waals surface area contributed by atoms with Crippen LogP contribution in [0.15, 0.2) is 0 Å². The molecule has 0 aromatic heterocycles. The Bertz CT molecular complexity index is 1040. The monoisotopic (exact) mass is 510 g/mol. The van der Waals surface area contributed by atoms with Gasteiger partial charge in [0.1, 0.15) is 10.5 Å². The normalized spacial score (nSPS) is 21.3. The van der Waals surface area contributed by atoms with E-state index in [9.17, 15) is 45.6 Å². The highest BCUT2D eigenvalue weighted by Crippen LogP contribution is 2.20. The molecule has 2 aliphatic heterocycles. The van der Waals surface area contributed by atoms with Crippen LogP contribution in [0.3, 0.4) is 0 Å². The fraction of sp³-hybridized carbons (Fsp3) is 0.647. The molecule has 0 saturated carbocycles. The molecule has 33 heavy (non-hydrogen) atoms. The summed E-state index contributed by atoms with van der Waals surface area (Å²) in [5, 5.41) is -3.16. The highest BCUT2D eigenvalue weighted by molar-refractivity contribution is 7.92. The van der Waals surface area contributed by atoms with E-state index in [1.54, 1.807) is 0 Å². The number of nitrogens with zero attached hydrogens (tertiary/aromatic N) is 2. The number of hydrogen-bond donors (Lipinski definition) is 1. The maximum absolute atomic E-state index is 12.0. The minimum atomic E-state index is -3.84. The molecule has 0 aromatic carbocycles. The van der Waals surface area contributed by atoms with E-state index >= 15 is 0 Å². The molecule has 0 radical (unpaired) electrons. The van der Waals surface area contributed by atoms with E-state index in [0.717, 1.165) is 6.26 Å². The second-order valence-corrected chi connectivity index (χ2v) is 10.7. The number of likely N-dealkylation sites (tertiary alicyclic amines) is 2. The molecular formula is C17H22N2O12S2. The summed E-state index contributed by atoms with van der Waals surface area (Å²) in [6, 6.07) is 0. The molecule has 2 aliphatic rings. The van der Waals surface area contributed by atoms with Gasteiger partial charge in [-0.25, -0.2) is 26.4 Å². The maximum atomic E-state index is 12.0. The second kappa shape index (κ2) is 10.8. The standard InChI is InChI=1S/C17H22N2O12S2/c1-33(28,29)11-9-13(21)19(15(11)23)17(25)31-7-5-3-2-4-6-30-16(24)18-12(20)8-10(14(18)22)32(26)27/h10-11,32H,2-9H2,1H3. The van der Waals surface area contributed by atoms with Crippen LogP contribution in [-0.2, 0) is 49.2 Å². The van der Waals surface area contributed by atoms with Gasteiger partial charge in [-0.1, -0.05) is 0 Å². The van der Waals surface area contributed by atoms with E-state index in [0.29, 0.717) is 25.7 Å². The number of hydrogen-bond acceptors (Lipinski definition) is 12. The lowest BCUT2D eigenvalue weighted by Gasteiger charge is -2.13. The molecule has 2 unspecified atom stereocenters. The van der Waals surface area contributed by atoms with Crippen LogP contribution >= 0.6 is 0 Å². The van der Waals surface area contributed by atoms with Gasteiger partial charge in [-0.2, -0.15) is 9.80 Å². The number of carbonyl (C=O) groups is 6. The van der Waals surface area contributed by atoms with Gasteiger partial charge < -0.3 is 9.47 Å². The summed E-state index contributed by atoms with van der Waals surface area (Å²) in [6.45, 7) is -0.293. The van der Waals surface area contributed by atoms with Crippen LogP contribution in [0.2, 0.25) is 0 Å². The number of amides is 6. The number of thiol groups is 1. The lowest BCUT2D eigenvalue weighted by atomic mass is 10.2. The van der Waals surface area contributed by atoms with E-state index in [1.165, 1.54) is 0 Å². The molecule has 6 amide bonds. The van der Waals surface area contributed by atoms with Crippen LogP contribution in [0.25, 0.3) is 0 Å². The lowest BCUT2D eigenvalue weighted by Crippen LogP contribution is -2.39. The fourth-order valence-corrected chi connectivity index (χ4v) is 4.63. The molecule has 2 fully saturated rings. The molecule has 14 nitrogen and oxygen atoms in total.